The van der Waals surface area contributed by atoms with Gasteiger partial charge in [-0.15, -0.1) is 0 Å². The number of nitrogens with zero attached hydrogens (tertiary/aromatic N) is 1. The van der Waals surface area contributed by atoms with E-state index in [4.69, 9.17) is 0 Å². The lowest BCUT2D eigenvalue weighted by Gasteiger charge is -2.50. The first-order chi connectivity index (χ1) is 9.73. The van der Waals surface area contributed by atoms with Gasteiger partial charge in [0.05, 0.1) is 5.54 Å². The summed E-state index contributed by atoms with van der Waals surface area (Å²) in [5, 5.41) is 3.54. The zero-order valence-corrected chi connectivity index (χ0v) is 13.4. The highest BCUT2D eigenvalue weighted by Gasteiger charge is 2.43. The van der Waals surface area contributed by atoms with Gasteiger partial charge in [0.2, 0.25) is 5.91 Å². The quantitative estimate of drug-likeness (QED) is 0.837. The molecule has 1 saturated heterocycles. The molecule has 1 spiro atoms. The number of carbonyl (C=O) groups excluding carboxylic acids is 1. The van der Waals surface area contributed by atoms with Crippen LogP contribution in [0, 0.1) is 5.92 Å². The Morgan fingerprint density at radius 3 is 2.65 bits per heavy atom. The fourth-order valence-corrected chi connectivity index (χ4v) is 4.02. The Hall–Kier alpha value is -0.570. The summed E-state index contributed by atoms with van der Waals surface area (Å²) in [5.41, 5.74) is 0.146. The summed E-state index contributed by atoms with van der Waals surface area (Å²) in [6.07, 6.45) is 10.8. The molecule has 1 heterocycles. The maximum Gasteiger partial charge on any atom is 0.226 e. The van der Waals surface area contributed by atoms with Gasteiger partial charge in [-0.25, -0.2) is 0 Å². The first kappa shape index (κ1) is 15.8. The molecule has 0 aromatic rings. The van der Waals surface area contributed by atoms with Crippen molar-refractivity contribution in [3.05, 3.63) is 0 Å². The second-order valence-electron chi connectivity index (χ2n) is 6.70. The van der Waals surface area contributed by atoms with E-state index >= 15 is 0 Å². The monoisotopic (exact) mass is 280 g/mol. The Morgan fingerprint density at radius 2 is 2.00 bits per heavy atom. The molecule has 3 nitrogen and oxygen atoms in total. The number of nitrogens with one attached hydrogen (secondary N) is 1. The lowest BCUT2D eigenvalue weighted by Crippen LogP contribution is -2.64. The van der Waals surface area contributed by atoms with Gasteiger partial charge >= 0.3 is 0 Å². The highest BCUT2D eigenvalue weighted by atomic mass is 16.2. The Bertz CT molecular complexity index is 302. The Kier molecular flexibility index (Phi) is 5.88. The average Bonchev–Trinajstić information content (AvgIpc) is 2.49. The van der Waals surface area contributed by atoms with Gasteiger partial charge in [-0.05, 0) is 25.7 Å². The molecular weight excluding hydrogens is 248 g/mol. The molecule has 0 aromatic heterocycles. The first-order valence-corrected chi connectivity index (χ1v) is 8.75. The predicted molar refractivity (Wildman–Crippen MR) is 83.7 cm³/mol. The molecule has 0 bridgehead atoms. The number of rotatable bonds is 5. The predicted octanol–water partition coefficient (Wildman–Crippen LogP) is 3.34. The largest absolute Gasteiger partial charge is 0.334 e. The molecule has 1 unspecified atom stereocenters. The van der Waals surface area contributed by atoms with Crippen LogP contribution in [0.5, 0.6) is 0 Å². The summed E-state index contributed by atoms with van der Waals surface area (Å²) in [4.78, 5) is 15.3. The molecule has 2 aliphatic rings. The zero-order chi connectivity index (χ0) is 14.4. The van der Waals surface area contributed by atoms with E-state index in [1.165, 1.54) is 44.9 Å². The summed E-state index contributed by atoms with van der Waals surface area (Å²) >= 11 is 0. The van der Waals surface area contributed by atoms with Crippen LogP contribution < -0.4 is 5.32 Å². The van der Waals surface area contributed by atoms with Crippen LogP contribution in [0.15, 0.2) is 0 Å². The first-order valence-electron chi connectivity index (χ1n) is 8.75. The van der Waals surface area contributed by atoms with Crippen LogP contribution in [0.2, 0.25) is 0 Å². The van der Waals surface area contributed by atoms with Crippen molar-refractivity contribution in [1.29, 1.82) is 0 Å². The van der Waals surface area contributed by atoms with Crippen LogP contribution in [0.3, 0.4) is 0 Å². The van der Waals surface area contributed by atoms with Crippen molar-refractivity contribution in [3.63, 3.8) is 0 Å². The Morgan fingerprint density at radius 1 is 1.25 bits per heavy atom. The molecule has 1 saturated carbocycles. The summed E-state index contributed by atoms with van der Waals surface area (Å²) in [5.74, 6) is 0.705. The number of carbonyl (C=O) groups is 1. The highest BCUT2D eigenvalue weighted by Crippen LogP contribution is 2.36. The molecule has 0 radical (unpaired) electrons. The number of hydrogen-bond donors (Lipinski definition) is 1. The summed E-state index contributed by atoms with van der Waals surface area (Å²) in [7, 11) is 0. The van der Waals surface area contributed by atoms with Gasteiger partial charge in [0.15, 0.2) is 0 Å². The van der Waals surface area contributed by atoms with Crippen molar-refractivity contribution >= 4 is 5.91 Å². The molecule has 20 heavy (non-hydrogen) atoms. The summed E-state index contributed by atoms with van der Waals surface area (Å²) < 4.78 is 0. The van der Waals surface area contributed by atoms with Crippen LogP contribution in [0.4, 0.5) is 0 Å². The van der Waals surface area contributed by atoms with Crippen molar-refractivity contribution in [2.45, 2.75) is 77.2 Å². The fourth-order valence-electron chi connectivity index (χ4n) is 4.02. The smallest absolute Gasteiger partial charge is 0.226 e. The third-order valence-corrected chi connectivity index (χ3v) is 5.34. The second-order valence-corrected chi connectivity index (χ2v) is 6.70. The van der Waals surface area contributed by atoms with E-state index in [0.717, 1.165) is 32.5 Å². The van der Waals surface area contributed by atoms with E-state index < -0.39 is 0 Å². The number of amides is 1. The summed E-state index contributed by atoms with van der Waals surface area (Å²) in [6, 6.07) is 0. The number of piperazine rings is 1. The van der Waals surface area contributed by atoms with E-state index in [1.807, 2.05) is 0 Å². The third kappa shape index (κ3) is 3.36. The van der Waals surface area contributed by atoms with Crippen molar-refractivity contribution in [2.24, 2.45) is 5.92 Å². The molecular formula is C17H32N2O. The molecule has 1 N–H and O–H groups in total. The number of unbranched alkanes of at least 4 members (excludes halogenated alkanes) is 1. The van der Waals surface area contributed by atoms with E-state index in [-0.39, 0.29) is 11.5 Å². The maximum atomic E-state index is 13.0. The molecule has 1 aliphatic heterocycles. The molecule has 1 aliphatic carbocycles. The van der Waals surface area contributed by atoms with Crippen LogP contribution in [-0.4, -0.2) is 36.0 Å². The van der Waals surface area contributed by atoms with Gasteiger partial charge in [-0.1, -0.05) is 46.0 Å². The lowest BCUT2D eigenvalue weighted by molar-refractivity contribution is -0.145. The van der Waals surface area contributed by atoms with Crippen LogP contribution in [0.1, 0.15) is 71.6 Å². The highest BCUT2D eigenvalue weighted by molar-refractivity contribution is 5.80. The van der Waals surface area contributed by atoms with Gasteiger partial charge in [0.25, 0.3) is 0 Å². The standard InChI is InChI=1S/C17H32N2O/c1-3-5-9-15(4-2)16(20)19-13-12-18-14-17(19)10-7-6-8-11-17/h15,18H,3-14H2,1-2H3. The van der Waals surface area contributed by atoms with Gasteiger partial charge in [-0.3, -0.25) is 4.79 Å². The van der Waals surface area contributed by atoms with Crippen LogP contribution in [0.25, 0.3) is 0 Å². The lowest BCUT2D eigenvalue weighted by atomic mass is 9.78. The van der Waals surface area contributed by atoms with Crippen LogP contribution >= 0.6 is 0 Å². The minimum absolute atomic E-state index is 0.146. The zero-order valence-electron chi connectivity index (χ0n) is 13.4. The van der Waals surface area contributed by atoms with Crippen molar-refractivity contribution in [1.82, 2.24) is 10.2 Å². The van der Waals surface area contributed by atoms with Crippen molar-refractivity contribution in [3.8, 4) is 0 Å². The van der Waals surface area contributed by atoms with E-state index in [1.54, 1.807) is 0 Å². The van der Waals surface area contributed by atoms with Gasteiger partial charge < -0.3 is 10.2 Å². The number of hydrogen-bond acceptors (Lipinski definition) is 2. The SMILES string of the molecule is CCCCC(CC)C(=O)N1CCNCC12CCCCC2. The molecule has 1 amide bonds. The minimum atomic E-state index is 0.146. The van der Waals surface area contributed by atoms with E-state index in [9.17, 15) is 4.79 Å². The van der Waals surface area contributed by atoms with Gasteiger partial charge in [0.1, 0.15) is 0 Å². The third-order valence-electron chi connectivity index (χ3n) is 5.34. The summed E-state index contributed by atoms with van der Waals surface area (Å²) in [6.45, 7) is 7.29. The molecule has 2 rings (SSSR count). The van der Waals surface area contributed by atoms with Crippen LogP contribution in [-0.2, 0) is 4.79 Å². The Balaban J connectivity index is 2.07. The fraction of sp³-hybridized carbons (Fsp3) is 0.941. The Labute approximate surface area is 124 Å². The van der Waals surface area contributed by atoms with Crippen molar-refractivity contribution < 1.29 is 4.79 Å². The molecule has 3 heteroatoms. The van der Waals surface area contributed by atoms with Gasteiger partial charge in [0, 0.05) is 25.6 Å². The average molecular weight is 280 g/mol. The molecule has 1 atom stereocenters. The molecule has 2 fully saturated rings. The van der Waals surface area contributed by atoms with E-state index in [2.05, 4.69) is 24.1 Å². The molecule has 0 aromatic carbocycles. The van der Waals surface area contributed by atoms with E-state index in [0.29, 0.717) is 5.91 Å². The maximum absolute atomic E-state index is 13.0. The van der Waals surface area contributed by atoms with Gasteiger partial charge in [-0.2, -0.15) is 0 Å². The normalized spacial score (nSPS) is 23.8. The minimum Gasteiger partial charge on any atom is -0.334 e. The van der Waals surface area contributed by atoms with Crippen molar-refractivity contribution in [2.75, 3.05) is 19.6 Å². The topological polar surface area (TPSA) is 32.3 Å². The molecule has 116 valence electrons. The second kappa shape index (κ2) is 7.44.